The van der Waals surface area contributed by atoms with Crippen LogP contribution in [0.15, 0.2) is 58.4 Å². The van der Waals surface area contributed by atoms with E-state index in [9.17, 15) is 8.78 Å². The number of alkyl halides is 1. The second kappa shape index (κ2) is 9.26. The number of hydrogen-bond donors (Lipinski definition) is 0. The maximum atomic E-state index is 15.3. The first kappa shape index (κ1) is 22.8. The molecule has 0 N–H and O–H groups in total. The number of nitrogens with zero attached hydrogens (tertiary/aromatic N) is 1. The van der Waals surface area contributed by atoms with Gasteiger partial charge in [0.2, 0.25) is 0 Å². The van der Waals surface area contributed by atoms with Crippen molar-refractivity contribution in [1.29, 1.82) is 0 Å². The van der Waals surface area contributed by atoms with Gasteiger partial charge in [0.25, 0.3) is 0 Å². The number of hydrogen-bond acceptors (Lipinski definition) is 2. The molecule has 0 saturated carbocycles. The van der Waals surface area contributed by atoms with E-state index in [0.29, 0.717) is 17.0 Å². The zero-order chi connectivity index (χ0) is 22.2. The van der Waals surface area contributed by atoms with Crippen molar-refractivity contribution in [1.82, 2.24) is 4.90 Å². The molecule has 2 atom stereocenters. The van der Waals surface area contributed by atoms with Gasteiger partial charge in [-0.25, -0.2) is 13.2 Å². The quantitative estimate of drug-likeness (QED) is 0.302. The molecule has 4 rings (SSSR count). The van der Waals surface area contributed by atoms with Crippen molar-refractivity contribution >= 4 is 38.9 Å². The summed E-state index contributed by atoms with van der Waals surface area (Å²) in [5.41, 5.74) is -0.0322. The second-order valence-corrected chi connectivity index (χ2v) is 10.8. The van der Waals surface area contributed by atoms with Crippen molar-refractivity contribution in [3.05, 3.63) is 91.0 Å². The average Bonchev–Trinajstić information content (AvgIpc) is 3.06. The zero-order valence-corrected chi connectivity index (χ0v) is 20.1. The Kier molecular flexibility index (Phi) is 6.82. The van der Waals surface area contributed by atoms with Gasteiger partial charge in [0, 0.05) is 45.3 Å². The van der Waals surface area contributed by atoms with E-state index in [1.54, 1.807) is 11.3 Å². The average molecular weight is 529 g/mol. The Labute approximate surface area is 198 Å². The SMILES string of the molecule is CC(F)(Cc1cc(F)cc(F)c1)CC1CN(C(c2ccc(Cl)cc2)c2cc(Br)cs2)C1. The first-order chi connectivity index (χ1) is 14.7. The molecular weight excluding hydrogens is 507 g/mol. The molecule has 2 aromatic carbocycles. The zero-order valence-electron chi connectivity index (χ0n) is 16.9. The minimum Gasteiger partial charge on any atom is -0.291 e. The fourth-order valence-electron chi connectivity index (χ4n) is 4.43. The second-order valence-electron chi connectivity index (χ2n) is 8.51. The molecule has 1 saturated heterocycles. The summed E-state index contributed by atoms with van der Waals surface area (Å²) in [5.74, 6) is -1.16. The van der Waals surface area contributed by atoms with E-state index in [-0.39, 0.29) is 18.4 Å². The molecule has 31 heavy (non-hydrogen) atoms. The van der Waals surface area contributed by atoms with Crippen LogP contribution in [0.2, 0.25) is 5.02 Å². The van der Waals surface area contributed by atoms with Crippen LogP contribution in [-0.4, -0.2) is 23.7 Å². The third kappa shape index (κ3) is 5.72. The molecular formula is C24H22BrClF3NS. The van der Waals surface area contributed by atoms with E-state index in [4.69, 9.17) is 11.6 Å². The van der Waals surface area contributed by atoms with Gasteiger partial charge >= 0.3 is 0 Å². The molecule has 0 radical (unpaired) electrons. The van der Waals surface area contributed by atoms with E-state index in [0.717, 1.165) is 29.2 Å². The number of likely N-dealkylation sites (tertiary alicyclic amines) is 1. The number of benzene rings is 2. The molecule has 2 unspecified atom stereocenters. The lowest BCUT2D eigenvalue weighted by Gasteiger charge is -2.46. The van der Waals surface area contributed by atoms with Crippen molar-refractivity contribution in [2.24, 2.45) is 5.92 Å². The minimum atomic E-state index is -1.53. The van der Waals surface area contributed by atoms with Gasteiger partial charge in [-0.3, -0.25) is 4.90 Å². The van der Waals surface area contributed by atoms with Gasteiger partial charge in [-0.2, -0.15) is 0 Å². The third-order valence-corrected chi connectivity index (χ3v) is 7.60. The van der Waals surface area contributed by atoms with Crippen LogP contribution in [0.25, 0.3) is 0 Å². The maximum absolute atomic E-state index is 15.3. The molecule has 2 heterocycles. The highest BCUT2D eigenvalue weighted by molar-refractivity contribution is 9.10. The highest BCUT2D eigenvalue weighted by Crippen LogP contribution is 2.41. The maximum Gasteiger partial charge on any atom is 0.126 e. The topological polar surface area (TPSA) is 3.24 Å². The summed E-state index contributed by atoms with van der Waals surface area (Å²) in [4.78, 5) is 3.55. The molecule has 1 aliphatic rings. The van der Waals surface area contributed by atoms with Gasteiger partial charge < -0.3 is 0 Å². The predicted octanol–water partition coefficient (Wildman–Crippen LogP) is 7.82. The van der Waals surface area contributed by atoms with Gasteiger partial charge in [-0.05, 0) is 76.7 Å². The molecule has 0 aliphatic carbocycles. The molecule has 164 valence electrons. The van der Waals surface area contributed by atoms with Crippen molar-refractivity contribution in [3.63, 3.8) is 0 Å². The van der Waals surface area contributed by atoms with E-state index in [1.807, 2.05) is 24.3 Å². The monoisotopic (exact) mass is 527 g/mol. The Morgan fingerprint density at radius 3 is 2.35 bits per heavy atom. The van der Waals surface area contributed by atoms with Crippen LogP contribution in [0.1, 0.15) is 35.4 Å². The number of thiophene rings is 1. The smallest absolute Gasteiger partial charge is 0.126 e. The Balaban J connectivity index is 1.43. The van der Waals surface area contributed by atoms with E-state index in [1.165, 1.54) is 23.9 Å². The van der Waals surface area contributed by atoms with Crippen LogP contribution in [-0.2, 0) is 6.42 Å². The first-order valence-corrected chi connectivity index (χ1v) is 12.1. The van der Waals surface area contributed by atoms with E-state index in [2.05, 4.69) is 32.3 Å². The van der Waals surface area contributed by atoms with Gasteiger partial charge in [-0.1, -0.05) is 23.7 Å². The van der Waals surface area contributed by atoms with Crippen molar-refractivity contribution in [3.8, 4) is 0 Å². The van der Waals surface area contributed by atoms with Crippen LogP contribution in [0.4, 0.5) is 13.2 Å². The fraction of sp³-hybridized carbons (Fsp3) is 0.333. The van der Waals surface area contributed by atoms with Gasteiger partial charge in [-0.15, -0.1) is 11.3 Å². The van der Waals surface area contributed by atoms with Crippen LogP contribution in [0.3, 0.4) is 0 Å². The van der Waals surface area contributed by atoms with Gasteiger partial charge in [0.1, 0.15) is 17.3 Å². The standard InChI is InChI=1S/C24H22BrClF3NS/c1-24(29,10-15-6-20(27)9-21(28)7-15)11-16-12-30(13-16)23(22-8-18(25)14-31-22)17-2-4-19(26)5-3-17/h2-9,14,16,23H,10-13H2,1H3. The lowest BCUT2D eigenvalue weighted by Crippen LogP contribution is -2.50. The van der Waals surface area contributed by atoms with Gasteiger partial charge in [0.15, 0.2) is 0 Å². The Morgan fingerprint density at radius 2 is 1.77 bits per heavy atom. The number of rotatable bonds is 7. The Bertz CT molecular complexity index is 1030. The first-order valence-electron chi connectivity index (χ1n) is 10.1. The minimum absolute atomic E-state index is 0.00331. The summed E-state index contributed by atoms with van der Waals surface area (Å²) < 4.78 is 43.2. The molecule has 7 heteroatoms. The molecule has 0 spiro atoms. The lowest BCUT2D eigenvalue weighted by atomic mass is 9.83. The predicted molar refractivity (Wildman–Crippen MR) is 125 cm³/mol. The summed E-state index contributed by atoms with van der Waals surface area (Å²) in [5, 5.41) is 2.75. The Morgan fingerprint density at radius 1 is 1.13 bits per heavy atom. The van der Waals surface area contributed by atoms with Crippen LogP contribution in [0.5, 0.6) is 0 Å². The summed E-state index contributed by atoms with van der Waals surface area (Å²) in [7, 11) is 0. The summed E-state index contributed by atoms with van der Waals surface area (Å²) in [6.07, 6.45) is 0.347. The third-order valence-electron chi connectivity index (χ3n) is 5.60. The van der Waals surface area contributed by atoms with Crippen molar-refractivity contribution in [2.45, 2.75) is 31.5 Å². The van der Waals surface area contributed by atoms with E-state index < -0.39 is 17.3 Å². The molecule has 1 nitrogen and oxygen atoms in total. The molecule has 1 aliphatic heterocycles. The van der Waals surface area contributed by atoms with Crippen LogP contribution >= 0.6 is 38.9 Å². The van der Waals surface area contributed by atoms with Crippen molar-refractivity contribution < 1.29 is 13.2 Å². The molecule has 0 bridgehead atoms. The number of halogens is 5. The van der Waals surface area contributed by atoms with Crippen LogP contribution < -0.4 is 0 Å². The fourth-order valence-corrected chi connectivity index (χ4v) is 6.16. The van der Waals surface area contributed by atoms with Gasteiger partial charge in [0.05, 0.1) is 6.04 Å². The lowest BCUT2D eigenvalue weighted by molar-refractivity contribution is 0.0246. The summed E-state index contributed by atoms with van der Waals surface area (Å²) >= 11 is 11.3. The molecule has 1 fully saturated rings. The summed E-state index contributed by atoms with van der Waals surface area (Å²) in [6, 6.07) is 13.3. The molecule has 3 aromatic rings. The highest BCUT2D eigenvalue weighted by Gasteiger charge is 2.39. The largest absolute Gasteiger partial charge is 0.291 e. The van der Waals surface area contributed by atoms with E-state index >= 15 is 4.39 Å². The normalized spacial score (nSPS) is 17.9. The molecule has 0 amide bonds. The van der Waals surface area contributed by atoms with Crippen molar-refractivity contribution in [2.75, 3.05) is 13.1 Å². The summed E-state index contributed by atoms with van der Waals surface area (Å²) in [6.45, 7) is 3.05. The highest BCUT2D eigenvalue weighted by atomic mass is 79.9. The van der Waals surface area contributed by atoms with Crippen LogP contribution in [0, 0.1) is 17.6 Å². The molecule has 1 aromatic heterocycles. The Hall–Kier alpha value is -1.34.